The maximum absolute atomic E-state index is 12.0. The summed E-state index contributed by atoms with van der Waals surface area (Å²) in [5, 5.41) is 19.9. The summed E-state index contributed by atoms with van der Waals surface area (Å²) < 4.78 is 23.2. The van der Waals surface area contributed by atoms with Gasteiger partial charge in [-0.1, -0.05) is 5.21 Å². The van der Waals surface area contributed by atoms with Crippen molar-refractivity contribution in [3.8, 4) is 39.9 Å². The van der Waals surface area contributed by atoms with Gasteiger partial charge in [-0.15, -0.1) is 5.10 Å². The first kappa shape index (κ1) is 21.9. The van der Waals surface area contributed by atoms with Crippen molar-refractivity contribution in [2.45, 2.75) is 6.42 Å². The molecule has 164 valence electrons. The Morgan fingerprint density at radius 1 is 1.00 bits per heavy atom. The van der Waals surface area contributed by atoms with E-state index in [1.165, 1.54) is 14.2 Å². The number of rotatable bonds is 9. The van der Waals surface area contributed by atoms with Crippen LogP contribution in [0.2, 0.25) is 0 Å². The van der Waals surface area contributed by atoms with Crippen molar-refractivity contribution >= 4 is 11.6 Å². The first-order chi connectivity index (χ1) is 15.1. The van der Waals surface area contributed by atoms with Gasteiger partial charge in [0.25, 0.3) is 0 Å². The molecule has 0 radical (unpaired) electrons. The zero-order valence-electron chi connectivity index (χ0n) is 17.7. The fourth-order valence-electron chi connectivity index (χ4n) is 3.09. The molecule has 0 aliphatic rings. The quantitative estimate of drug-likeness (QED) is 0.533. The van der Waals surface area contributed by atoms with Crippen LogP contribution in [0.15, 0.2) is 36.5 Å². The molecule has 3 rings (SSSR count). The fourth-order valence-corrected chi connectivity index (χ4v) is 3.09. The predicted molar refractivity (Wildman–Crippen MR) is 113 cm³/mol. The highest BCUT2D eigenvalue weighted by molar-refractivity contribution is 5.92. The molecule has 0 fully saturated rings. The van der Waals surface area contributed by atoms with Crippen LogP contribution in [0.5, 0.6) is 23.0 Å². The van der Waals surface area contributed by atoms with E-state index in [-0.39, 0.29) is 18.9 Å². The number of nitrogens with zero attached hydrogens (tertiary/aromatic N) is 3. The van der Waals surface area contributed by atoms with Crippen LogP contribution >= 0.6 is 0 Å². The number of hydrogen-bond donors (Lipinski definition) is 2. The summed E-state index contributed by atoms with van der Waals surface area (Å²) in [7, 11) is 6.13. The normalized spacial score (nSPS) is 10.5. The van der Waals surface area contributed by atoms with Crippen LogP contribution in [0.3, 0.4) is 0 Å². The molecule has 2 aromatic carbocycles. The number of amides is 1. The van der Waals surface area contributed by atoms with Crippen molar-refractivity contribution in [3.63, 3.8) is 0 Å². The highest BCUT2D eigenvalue weighted by Crippen LogP contribution is 2.41. The van der Waals surface area contributed by atoms with E-state index in [2.05, 4.69) is 15.6 Å². The number of nitrogens with one attached hydrogen (secondary N) is 1. The van der Waals surface area contributed by atoms with Crippen molar-refractivity contribution in [1.82, 2.24) is 15.0 Å². The average Bonchev–Trinajstić information content (AvgIpc) is 3.28. The molecule has 3 aromatic rings. The maximum Gasteiger partial charge on any atom is 0.226 e. The van der Waals surface area contributed by atoms with Gasteiger partial charge in [-0.05, 0) is 30.3 Å². The van der Waals surface area contributed by atoms with Crippen LogP contribution in [-0.2, 0) is 4.79 Å². The molecule has 0 saturated heterocycles. The molecule has 10 nitrogen and oxygen atoms in total. The number of carbonyl (C=O) groups excluding carboxylic acids is 1. The Balaban J connectivity index is 2.07. The third-order valence-corrected chi connectivity index (χ3v) is 4.55. The van der Waals surface area contributed by atoms with E-state index in [0.717, 1.165) is 5.56 Å². The predicted octanol–water partition coefficient (Wildman–Crippen LogP) is 2.29. The summed E-state index contributed by atoms with van der Waals surface area (Å²) in [6.07, 6.45) is 1.59. The minimum atomic E-state index is -0.332. The summed E-state index contributed by atoms with van der Waals surface area (Å²) in [6.45, 7) is -0.248. The van der Waals surface area contributed by atoms with Crippen LogP contribution in [0.25, 0.3) is 16.9 Å². The lowest BCUT2D eigenvalue weighted by atomic mass is 10.1. The van der Waals surface area contributed by atoms with Crippen molar-refractivity contribution in [1.29, 1.82) is 0 Å². The molecule has 1 aromatic heterocycles. The topological polar surface area (TPSA) is 117 Å². The number of anilines is 1. The number of aromatic nitrogens is 3. The molecule has 0 unspecified atom stereocenters. The van der Waals surface area contributed by atoms with Gasteiger partial charge in [0.15, 0.2) is 11.5 Å². The van der Waals surface area contributed by atoms with Gasteiger partial charge in [-0.2, -0.15) is 0 Å². The monoisotopic (exact) mass is 428 g/mol. The number of aliphatic hydroxyl groups is 1. The number of aliphatic hydroxyl groups excluding tert-OH is 1. The Bertz CT molecular complexity index is 1040. The van der Waals surface area contributed by atoms with Gasteiger partial charge in [0.05, 0.1) is 64.7 Å². The summed E-state index contributed by atoms with van der Waals surface area (Å²) in [4.78, 5) is 12.0. The summed E-state index contributed by atoms with van der Waals surface area (Å²) in [5.74, 6) is 1.62. The molecule has 1 heterocycles. The smallest absolute Gasteiger partial charge is 0.226 e. The van der Waals surface area contributed by atoms with Gasteiger partial charge in [-0.3, -0.25) is 4.79 Å². The molecule has 0 aliphatic heterocycles. The summed E-state index contributed by atoms with van der Waals surface area (Å²) in [5.41, 5.74) is 2.49. The van der Waals surface area contributed by atoms with E-state index in [9.17, 15) is 4.79 Å². The number of hydrogen-bond acceptors (Lipinski definition) is 8. The molecule has 31 heavy (non-hydrogen) atoms. The van der Waals surface area contributed by atoms with Crippen molar-refractivity contribution in [2.24, 2.45) is 0 Å². The van der Waals surface area contributed by atoms with Crippen LogP contribution in [0.1, 0.15) is 6.42 Å². The van der Waals surface area contributed by atoms with E-state index in [0.29, 0.717) is 40.1 Å². The van der Waals surface area contributed by atoms with Crippen molar-refractivity contribution in [3.05, 3.63) is 36.5 Å². The highest BCUT2D eigenvalue weighted by atomic mass is 16.5. The minimum Gasteiger partial charge on any atom is -0.495 e. The molecule has 0 spiro atoms. The van der Waals surface area contributed by atoms with E-state index < -0.39 is 0 Å². The van der Waals surface area contributed by atoms with Crippen LogP contribution in [0, 0.1) is 0 Å². The second-order valence-corrected chi connectivity index (χ2v) is 6.35. The number of methoxy groups -OCH3 is 4. The van der Waals surface area contributed by atoms with E-state index in [1.807, 2.05) is 0 Å². The molecular weight excluding hydrogens is 404 g/mol. The zero-order chi connectivity index (χ0) is 22.4. The molecule has 0 bridgehead atoms. The second-order valence-electron chi connectivity index (χ2n) is 6.35. The number of ether oxygens (including phenoxy) is 4. The van der Waals surface area contributed by atoms with Crippen molar-refractivity contribution in [2.75, 3.05) is 40.4 Å². The molecular formula is C21H24N4O6. The number of benzene rings is 2. The molecule has 10 heteroatoms. The van der Waals surface area contributed by atoms with E-state index in [4.69, 9.17) is 24.1 Å². The van der Waals surface area contributed by atoms with Crippen LogP contribution in [-0.4, -0.2) is 61.1 Å². The van der Waals surface area contributed by atoms with Gasteiger partial charge in [-0.25, -0.2) is 4.68 Å². The number of carbonyl (C=O) groups is 1. The molecule has 0 atom stereocenters. The highest BCUT2D eigenvalue weighted by Gasteiger charge is 2.18. The van der Waals surface area contributed by atoms with Gasteiger partial charge in [0, 0.05) is 5.56 Å². The van der Waals surface area contributed by atoms with Gasteiger partial charge in [0.2, 0.25) is 11.7 Å². The summed E-state index contributed by atoms with van der Waals surface area (Å²) >= 11 is 0. The first-order valence-electron chi connectivity index (χ1n) is 9.36. The van der Waals surface area contributed by atoms with Gasteiger partial charge >= 0.3 is 0 Å². The first-order valence-corrected chi connectivity index (χ1v) is 9.36. The standard InChI is InChI=1S/C21H24N4O6/c1-28-17-6-5-14(11-15(17)23-20(27)7-8-26)25-16(12-22-24-25)13-9-18(29-2)21(31-4)19(10-13)30-3/h5-6,9-12,26H,7-8H2,1-4H3,(H,23,27). The third kappa shape index (κ3) is 4.53. The summed E-state index contributed by atoms with van der Waals surface area (Å²) in [6, 6.07) is 8.81. The molecule has 2 N–H and O–H groups in total. The van der Waals surface area contributed by atoms with E-state index in [1.54, 1.807) is 55.4 Å². The Labute approximate surface area is 179 Å². The lowest BCUT2D eigenvalue weighted by molar-refractivity contribution is -0.116. The van der Waals surface area contributed by atoms with Gasteiger partial charge < -0.3 is 29.4 Å². The Morgan fingerprint density at radius 3 is 2.26 bits per heavy atom. The van der Waals surface area contributed by atoms with Gasteiger partial charge in [0.1, 0.15) is 5.75 Å². The van der Waals surface area contributed by atoms with Crippen LogP contribution < -0.4 is 24.3 Å². The minimum absolute atomic E-state index is 0.0204. The molecule has 0 saturated carbocycles. The second kappa shape index (κ2) is 9.81. The lowest BCUT2D eigenvalue weighted by Crippen LogP contribution is -2.14. The SMILES string of the molecule is COc1ccc(-n2nncc2-c2cc(OC)c(OC)c(OC)c2)cc1NC(=O)CCO. The van der Waals surface area contributed by atoms with Crippen LogP contribution in [0.4, 0.5) is 5.69 Å². The largest absolute Gasteiger partial charge is 0.495 e. The Morgan fingerprint density at radius 2 is 1.68 bits per heavy atom. The Kier molecular flexibility index (Phi) is 6.93. The Hall–Kier alpha value is -3.79. The van der Waals surface area contributed by atoms with Crippen molar-refractivity contribution < 1.29 is 28.8 Å². The maximum atomic E-state index is 12.0. The lowest BCUT2D eigenvalue weighted by Gasteiger charge is -2.15. The molecule has 1 amide bonds. The third-order valence-electron chi connectivity index (χ3n) is 4.55. The molecule has 0 aliphatic carbocycles. The zero-order valence-corrected chi connectivity index (χ0v) is 17.7. The fraction of sp³-hybridized carbons (Fsp3) is 0.286. The van der Waals surface area contributed by atoms with E-state index >= 15 is 0 Å². The average molecular weight is 428 g/mol.